The Hall–Kier alpha value is -4.47. The predicted molar refractivity (Wildman–Crippen MR) is 170 cm³/mol. The number of pyridine rings is 1. The van der Waals surface area contributed by atoms with Gasteiger partial charge in [-0.3, -0.25) is 14.4 Å². The van der Waals surface area contributed by atoms with Crippen LogP contribution < -0.4 is 16.2 Å². The van der Waals surface area contributed by atoms with E-state index in [2.05, 4.69) is 44.9 Å². The fourth-order valence-electron chi connectivity index (χ4n) is 5.69. The lowest BCUT2D eigenvalue weighted by atomic mass is 9.91. The van der Waals surface area contributed by atoms with Gasteiger partial charge in [0, 0.05) is 34.8 Å². The molecule has 0 aliphatic carbocycles. The summed E-state index contributed by atoms with van der Waals surface area (Å²) in [6.45, 7) is 4.21. The molecule has 1 saturated heterocycles. The normalized spacial score (nSPS) is 15.3. The Labute approximate surface area is 247 Å². The summed E-state index contributed by atoms with van der Waals surface area (Å²) in [5.74, 6) is 1.17. The minimum absolute atomic E-state index is 0.174. The van der Waals surface area contributed by atoms with Crippen LogP contribution in [0.3, 0.4) is 0 Å². The van der Waals surface area contributed by atoms with E-state index in [0.29, 0.717) is 22.9 Å². The van der Waals surface area contributed by atoms with Crippen LogP contribution >= 0.6 is 11.3 Å². The molecule has 2 aromatic carbocycles. The van der Waals surface area contributed by atoms with Crippen LogP contribution in [0.1, 0.15) is 34.7 Å². The van der Waals surface area contributed by atoms with E-state index in [0.717, 1.165) is 64.2 Å². The molecule has 0 saturated carbocycles. The van der Waals surface area contributed by atoms with E-state index < -0.39 is 0 Å². The third-order valence-corrected chi connectivity index (χ3v) is 8.91. The number of anilines is 2. The number of thiazole rings is 1. The first kappa shape index (κ1) is 26.4. The molecule has 42 heavy (non-hydrogen) atoms. The third kappa shape index (κ3) is 5.29. The molecule has 2 aliphatic heterocycles. The first-order valence-electron chi connectivity index (χ1n) is 14.4. The van der Waals surface area contributed by atoms with Gasteiger partial charge in [-0.05, 0) is 81.1 Å². The topological polar surface area (TPSA) is 97.1 Å². The minimum Gasteiger partial charge on any atom is -0.324 e. The molecular formula is C33H31N7OS. The van der Waals surface area contributed by atoms with E-state index in [1.165, 1.54) is 18.4 Å². The smallest absolute Gasteiger partial charge is 0.266 e. The van der Waals surface area contributed by atoms with E-state index in [1.54, 1.807) is 28.3 Å². The van der Waals surface area contributed by atoms with Gasteiger partial charge in [0.25, 0.3) is 5.56 Å². The first-order chi connectivity index (χ1) is 20.6. The SMILES string of the molecule is Cc1sc(C2=NC=CC2)nc1-c1cc2cnc(Nc3ccc(CC4CCNCC4)cc3)nc2n(-c2ccccc2)c1=O. The van der Waals surface area contributed by atoms with Crippen LogP contribution in [0.25, 0.3) is 28.0 Å². The average molecular weight is 574 g/mol. The fraction of sp³-hybridized carbons (Fsp3) is 0.242. The number of aryl methyl sites for hydroxylation is 1. The Morgan fingerprint density at radius 1 is 1.05 bits per heavy atom. The number of aromatic nitrogens is 4. The second kappa shape index (κ2) is 11.4. The maximum Gasteiger partial charge on any atom is 0.266 e. The average Bonchev–Trinajstić information content (AvgIpc) is 3.69. The molecular weight excluding hydrogens is 542 g/mol. The molecule has 5 heterocycles. The summed E-state index contributed by atoms with van der Waals surface area (Å²) < 4.78 is 1.66. The van der Waals surface area contributed by atoms with Gasteiger partial charge in [-0.15, -0.1) is 11.3 Å². The Balaban J connectivity index is 1.24. The number of para-hydroxylation sites is 1. The molecule has 210 valence electrons. The summed E-state index contributed by atoms with van der Waals surface area (Å²) in [5, 5.41) is 8.37. The maximum absolute atomic E-state index is 14.1. The zero-order valence-electron chi connectivity index (χ0n) is 23.4. The molecule has 7 rings (SSSR count). The molecule has 1 fully saturated rings. The van der Waals surface area contributed by atoms with Crippen LogP contribution in [0.5, 0.6) is 0 Å². The van der Waals surface area contributed by atoms with Crippen LogP contribution in [-0.2, 0) is 6.42 Å². The van der Waals surface area contributed by atoms with Crippen LogP contribution in [0, 0.1) is 12.8 Å². The first-order valence-corrected chi connectivity index (χ1v) is 15.2. The molecule has 3 aromatic heterocycles. The van der Waals surface area contributed by atoms with Crippen molar-refractivity contribution in [1.82, 2.24) is 24.8 Å². The van der Waals surface area contributed by atoms with Gasteiger partial charge in [-0.25, -0.2) is 9.97 Å². The number of allylic oxidation sites excluding steroid dienone is 1. The quantitative estimate of drug-likeness (QED) is 0.241. The summed E-state index contributed by atoms with van der Waals surface area (Å²) in [6.07, 6.45) is 9.89. The van der Waals surface area contributed by atoms with Gasteiger partial charge in [-0.2, -0.15) is 4.98 Å². The summed E-state index contributed by atoms with van der Waals surface area (Å²) >= 11 is 1.56. The van der Waals surface area contributed by atoms with E-state index in [9.17, 15) is 4.79 Å². The van der Waals surface area contributed by atoms with E-state index in [1.807, 2.05) is 49.4 Å². The second-order valence-electron chi connectivity index (χ2n) is 10.8. The third-order valence-electron chi connectivity index (χ3n) is 7.89. The van der Waals surface area contributed by atoms with Gasteiger partial charge < -0.3 is 10.6 Å². The van der Waals surface area contributed by atoms with Crippen LogP contribution in [0.4, 0.5) is 11.6 Å². The number of nitrogens with one attached hydrogen (secondary N) is 2. The predicted octanol–water partition coefficient (Wildman–Crippen LogP) is 6.20. The molecule has 8 nitrogen and oxygen atoms in total. The molecule has 0 bridgehead atoms. The highest BCUT2D eigenvalue weighted by Crippen LogP contribution is 2.30. The van der Waals surface area contributed by atoms with Crippen molar-refractivity contribution in [2.75, 3.05) is 18.4 Å². The fourth-order valence-corrected chi connectivity index (χ4v) is 6.62. The molecule has 5 aromatic rings. The molecule has 2 aliphatic rings. The molecule has 0 atom stereocenters. The highest BCUT2D eigenvalue weighted by Gasteiger charge is 2.21. The lowest BCUT2D eigenvalue weighted by Gasteiger charge is -2.22. The van der Waals surface area contributed by atoms with E-state index in [-0.39, 0.29) is 5.56 Å². The van der Waals surface area contributed by atoms with Crippen molar-refractivity contribution in [2.24, 2.45) is 10.9 Å². The Kier molecular flexibility index (Phi) is 7.19. The van der Waals surface area contributed by atoms with Gasteiger partial charge in [0.2, 0.25) is 5.95 Å². The van der Waals surface area contributed by atoms with Gasteiger partial charge >= 0.3 is 0 Å². The largest absolute Gasteiger partial charge is 0.324 e. The monoisotopic (exact) mass is 573 g/mol. The molecule has 9 heteroatoms. The second-order valence-corrected chi connectivity index (χ2v) is 12.0. The van der Waals surface area contributed by atoms with Crippen molar-refractivity contribution in [3.63, 3.8) is 0 Å². The lowest BCUT2D eigenvalue weighted by molar-refractivity contribution is 0.372. The zero-order chi connectivity index (χ0) is 28.5. The van der Waals surface area contributed by atoms with Gasteiger partial charge in [-0.1, -0.05) is 36.4 Å². The lowest BCUT2D eigenvalue weighted by Crippen LogP contribution is -2.28. The summed E-state index contributed by atoms with van der Waals surface area (Å²) in [6, 6.07) is 20.0. The number of benzene rings is 2. The van der Waals surface area contributed by atoms with Crippen molar-refractivity contribution in [1.29, 1.82) is 0 Å². The Bertz CT molecular complexity index is 1870. The summed E-state index contributed by atoms with van der Waals surface area (Å²) in [7, 11) is 0. The number of piperidine rings is 1. The number of aliphatic imine (C=N–C) groups is 1. The van der Waals surface area contributed by atoms with Gasteiger partial charge in [0.15, 0.2) is 5.65 Å². The van der Waals surface area contributed by atoms with E-state index in [4.69, 9.17) is 9.97 Å². The van der Waals surface area contributed by atoms with Crippen LogP contribution in [0.15, 0.2) is 88.9 Å². The molecule has 2 N–H and O–H groups in total. The highest BCUT2D eigenvalue weighted by molar-refractivity contribution is 7.14. The summed E-state index contributed by atoms with van der Waals surface area (Å²) in [4.78, 5) is 33.9. The molecule has 0 spiro atoms. The van der Waals surface area contributed by atoms with Crippen molar-refractivity contribution < 1.29 is 0 Å². The van der Waals surface area contributed by atoms with Gasteiger partial charge in [0.05, 0.1) is 22.7 Å². The van der Waals surface area contributed by atoms with Crippen molar-refractivity contribution in [3.05, 3.63) is 105 Å². The molecule has 0 radical (unpaired) electrons. The van der Waals surface area contributed by atoms with Crippen molar-refractivity contribution in [2.45, 2.75) is 32.6 Å². The number of rotatable bonds is 7. The zero-order valence-corrected chi connectivity index (χ0v) is 24.2. The Morgan fingerprint density at radius 2 is 1.86 bits per heavy atom. The summed E-state index contributed by atoms with van der Waals surface area (Å²) in [5.41, 5.74) is 5.47. The van der Waals surface area contributed by atoms with Crippen molar-refractivity contribution in [3.8, 4) is 16.9 Å². The van der Waals surface area contributed by atoms with Crippen molar-refractivity contribution >= 4 is 39.7 Å². The Morgan fingerprint density at radius 3 is 2.62 bits per heavy atom. The number of hydrogen-bond donors (Lipinski definition) is 2. The molecule has 0 amide bonds. The minimum atomic E-state index is -0.174. The van der Waals surface area contributed by atoms with Crippen LogP contribution in [0.2, 0.25) is 0 Å². The molecule has 0 unspecified atom stereocenters. The maximum atomic E-state index is 14.1. The van der Waals surface area contributed by atoms with Crippen LogP contribution in [-0.4, -0.2) is 38.3 Å². The number of nitrogens with zero attached hydrogens (tertiary/aromatic N) is 5. The number of fused-ring (bicyclic) bond motifs is 1. The highest BCUT2D eigenvalue weighted by atomic mass is 32.1. The van der Waals surface area contributed by atoms with E-state index >= 15 is 0 Å². The number of hydrogen-bond acceptors (Lipinski definition) is 8. The standard InChI is InChI=1S/C33H31N7OS/c1-21-29(38-31(42-21)28-8-5-15-35-28)27-19-24-20-36-33(39-30(24)40(32(27)41)26-6-3-2-4-7-26)37-25-11-9-22(10-12-25)18-23-13-16-34-17-14-23/h2-7,9-12,15,19-20,23,34H,8,13-14,16-18H2,1H3,(H,36,37,39). The van der Waals surface area contributed by atoms with Gasteiger partial charge in [0.1, 0.15) is 5.01 Å².